The molecule has 0 saturated carbocycles. The van der Waals surface area contributed by atoms with E-state index in [4.69, 9.17) is 0 Å². The van der Waals surface area contributed by atoms with Crippen LogP contribution in [-0.2, 0) is 6.54 Å². The highest BCUT2D eigenvalue weighted by Crippen LogP contribution is 2.32. The zero-order valence-electron chi connectivity index (χ0n) is 12.0. The molecular weight excluding hydrogens is 462 g/mol. The van der Waals surface area contributed by atoms with Gasteiger partial charge in [0, 0.05) is 15.5 Å². The SMILES string of the molecule is CCCn1ncc(Br)c1C(NCC)c1cc(Br)cc(Br)c1. The van der Waals surface area contributed by atoms with Crippen molar-refractivity contribution in [3.05, 3.63) is 49.1 Å². The standard InChI is InChI=1S/C15H18Br3N3/c1-3-5-21-15(13(18)9-20-21)14(19-4-2)10-6-11(16)8-12(17)7-10/h6-9,14,19H,3-5H2,1-2H3. The minimum Gasteiger partial charge on any atom is -0.305 e. The van der Waals surface area contributed by atoms with Crippen LogP contribution >= 0.6 is 47.8 Å². The lowest BCUT2D eigenvalue weighted by Crippen LogP contribution is -2.25. The Bertz CT molecular complexity index is 590. The van der Waals surface area contributed by atoms with Gasteiger partial charge in [0.05, 0.1) is 22.4 Å². The maximum absolute atomic E-state index is 4.49. The van der Waals surface area contributed by atoms with Crippen molar-refractivity contribution in [2.45, 2.75) is 32.9 Å². The Morgan fingerprint density at radius 3 is 2.38 bits per heavy atom. The average Bonchev–Trinajstić information content (AvgIpc) is 2.77. The number of aryl methyl sites for hydroxylation is 1. The fourth-order valence-electron chi connectivity index (χ4n) is 2.37. The zero-order chi connectivity index (χ0) is 15.4. The van der Waals surface area contributed by atoms with Crippen molar-refractivity contribution in [3.63, 3.8) is 0 Å². The minimum absolute atomic E-state index is 0.104. The van der Waals surface area contributed by atoms with Crippen LogP contribution in [0.4, 0.5) is 0 Å². The molecule has 0 aliphatic carbocycles. The summed E-state index contributed by atoms with van der Waals surface area (Å²) in [5, 5.41) is 8.05. The number of hydrogen-bond donors (Lipinski definition) is 1. The van der Waals surface area contributed by atoms with Gasteiger partial charge in [-0.25, -0.2) is 0 Å². The second kappa shape index (κ2) is 7.90. The molecule has 0 bridgehead atoms. The molecule has 0 amide bonds. The van der Waals surface area contributed by atoms with Crippen molar-refractivity contribution in [2.75, 3.05) is 6.54 Å². The van der Waals surface area contributed by atoms with Gasteiger partial charge >= 0.3 is 0 Å². The molecule has 114 valence electrons. The quantitative estimate of drug-likeness (QED) is 0.611. The minimum atomic E-state index is 0.104. The van der Waals surface area contributed by atoms with Crippen LogP contribution in [0.25, 0.3) is 0 Å². The predicted octanol–water partition coefficient (Wildman–Crippen LogP) is 5.28. The number of nitrogens with one attached hydrogen (secondary N) is 1. The van der Waals surface area contributed by atoms with Crippen LogP contribution in [0.2, 0.25) is 0 Å². The van der Waals surface area contributed by atoms with Crippen molar-refractivity contribution in [2.24, 2.45) is 0 Å². The number of benzene rings is 1. The highest BCUT2D eigenvalue weighted by atomic mass is 79.9. The van der Waals surface area contributed by atoms with E-state index in [1.807, 2.05) is 12.3 Å². The second-order valence-electron chi connectivity index (χ2n) is 4.79. The summed E-state index contributed by atoms with van der Waals surface area (Å²) in [4.78, 5) is 0. The Morgan fingerprint density at radius 2 is 1.81 bits per heavy atom. The maximum atomic E-state index is 4.49. The molecule has 1 N–H and O–H groups in total. The number of hydrogen-bond acceptors (Lipinski definition) is 2. The van der Waals surface area contributed by atoms with E-state index in [0.717, 1.165) is 32.9 Å². The van der Waals surface area contributed by atoms with Crippen LogP contribution in [-0.4, -0.2) is 16.3 Å². The van der Waals surface area contributed by atoms with E-state index in [-0.39, 0.29) is 6.04 Å². The molecule has 1 heterocycles. The van der Waals surface area contributed by atoms with Gasteiger partial charge in [0.25, 0.3) is 0 Å². The second-order valence-corrected chi connectivity index (χ2v) is 7.48. The first-order valence-corrected chi connectivity index (χ1v) is 9.35. The summed E-state index contributed by atoms with van der Waals surface area (Å²) >= 11 is 10.8. The third-order valence-electron chi connectivity index (χ3n) is 3.17. The molecule has 0 radical (unpaired) electrons. The first kappa shape index (κ1) is 17.2. The maximum Gasteiger partial charge on any atom is 0.0760 e. The smallest absolute Gasteiger partial charge is 0.0760 e. The van der Waals surface area contributed by atoms with E-state index >= 15 is 0 Å². The molecule has 0 spiro atoms. The largest absolute Gasteiger partial charge is 0.305 e. The van der Waals surface area contributed by atoms with Crippen LogP contribution in [0.15, 0.2) is 37.8 Å². The molecule has 2 rings (SSSR count). The normalized spacial score (nSPS) is 12.6. The average molecular weight is 480 g/mol. The van der Waals surface area contributed by atoms with Gasteiger partial charge in [0.1, 0.15) is 0 Å². The van der Waals surface area contributed by atoms with Crippen molar-refractivity contribution < 1.29 is 0 Å². The molecule has 0 fully saturated rings. The van der Waals surface area contributed by atoms with Gasteiger partial charge in [-0.2, -0.15) is 5.10 Å². The zero-order valence-corrected chi connectivity index (χ0v) is 16.8. The Hall–Kier alpha value is -0.170. The molecule has 21 heavy (non-hydrogen) atoms. The molecule has 3 nitrogen and oxygen atoms in total. The van der Waals surface area contributed by atoms with Crippen LogP contribution in [0.1, 0.15) is 37.6 Å². The van der Waals surface area contributed by atoms with Crippen molar-refractivity contribution in [3.8, 4) is 0 Å². The number of halogens is 3. The molecule has 0 aliphatic heterocycles. The van der Waals surface area contributed by atoms with Crippen LogP contribution in [0, 0.1) is 0 Å². The molecule has 1 aromatic heterocycles. The van der Waals surface area contributed by atoms with E-state index in [1.54, 1.807) is 0 Å². The fourth-order valence-corrected chi connectivity index (χ4v) is 4.22. The number of nitrogens with zero attached hydrogens (tertiary/aromatic N) is 2. The molecule has 1 aromatic carbocycles. The summed E-state index contributed by atoms with van der Waals surface area (Å²) in [6, 6.07) is 6.44. The van der Waals surface area contributed by atoms with Crippen LogP contribution in [0.3, 0.4) is 0 Å². The van der Waals surface area contributed by atoms with Gasteiger partial charge < -0.3 is 5.32 Å². The van der Waals surface area contributed by atoms with Gasteiger partial charge in [0.2, 0.25) is 0 Å². The highest BCUT2D eigenvalue weighted by Gasteiger charge is 2.21. The third kappa shape index (κ3) is 4.18. The molecule has 2 aromatic rings. The molecule has 1 unspecified atom stereocenters. The molecule has 0 aliphatic rings. The van der Waals surface area contributed by atoms with Crippen molar-refractivity contribution in [1.29, 1.82) is 0 Å². The predicted molar refractivity (Wildman–Crippen MR) is 97.6 cm³/mol. The summed E-state index contributed by atoms with van der Waals surface area (Å²) in [7, 11) is 0. The summed E-state index contributed by atoms with van der Waals surface area (Å²) in [5.74, 6) is 0. The lowest BCUT2D eigenvalue weighted by Gasteiger charge is -2.21. The monoisotopic (exact) mass is 477 g/mol. The van der Waals surface area contributed by atoms with Gasteiger partial charge in [-0.1, -0.05) is 45.7 Å². The van der Waals surface area contributed by atoms with E-state index in [9.17, 15) is 0 Å². The summed E-state index contributed by atoms with van der Waals surface area (Å²) in [6.45, 7) is 6.09. The van der Waals surface area contributed by atoms with Crippen molar-refractivity contribution >= 4 is 47.8 Å². The van der Waals surface area contributed by atoms with Gasteiger partial charge in [0.15, 0.2) is 0 Å². The Morgan fingerprint density at radius 1 is 1.14 bits per heavy atom. The van der Waals surface area contributed by atoms with Gasteiger partial charge in [-0.05, 0) is 52.7 Å². The summed E-state index contributed by atoms with van der Waals surface area (Å²) < 4.78 is 5.24. The topological polar surface area (TPSA) is 29.9 Å². The van der Waals surface area contributed by atoms with Gasteiger partial charge in [-0.3, -0.25) is 4.68 Å². The lowest BCUT2D eigenvalue weighted by atomic mass is 10.0. The van der Waals surface area contributed by atoms with E-state index in [2.05, 4.69) is 88.9 Å². The summed E-state index contributed by atoms with van der Waals surface area (Å²) in [6.07, 6.45) is 2.94. The first-order valence-electron chi connectivity index (χ1n) is 6.97. The Balaban J connectivity index is 2.50. The fraction of sp³-hybridized carbons (Fsp3) is 0.400. The van der Waals surface area contributed by atoms with Crippen LogP contribution < -0.4 is 5.32 Å². The van der Waals surface area contributed by atoms with E-state index in [0.29, 0.717) is 0 Å². The molecular formula is C15H18Br3N3. The van der Waals surface area contributed by atoms with E-state index in [1.165, 1.54) is 11.3 Å². The number of aromatic nitrogens is 2. The Kier molecular flexibility index (Phi) is 6.47. The third-order valence-corrected chi connectivity index (χ3v) is 4.70. The molecule has 0 saturated heterocycles. The molecule has 1 atom stereocenters. The Labute approximate surface area is 150 Å². The van der Waals surface area contributed by atoms with Gasteiger partial charge in [-0.15, -0.1) is 0 Å². The lowest BCUT2D eigenvalue weighted by molar-refractivity contribution is 0.519. The van der Waals surface area contributed by atoms with E-state index < -0.39 is 0 Å². The molecule has 6 heteroatoms. The van der Waals surface area contributed by atoms with Crippen LogP contribution in [0.5, 0.6) is 0 Å². The highest BCUT2D eigenvalue weighted by molar-refractivity contribution is 9.11. The summed E-state index contributed by atoms with van der Waals surface area (Å²) in [5.41, 5.74) is 2.38. The number of rotatable bonds is 6. The first-order chi connectivity index (χ1) is 10.1. The van der Waals surface area contributed by atoms with Crippen molar-refractivity contribution in [1.82, 2.24) is 15.1 Å².